The van der Waals surface area contributed by atoms with Crippen LogP contribution in [0.15, 0.2) is 12.3 Å². The van der Waals surface area contributed by atoms with E-state index in [1.165, 1.54) is 0 Å². The summed E-state index contributed by atoms with van der Waals surface area (Å²) in [7, 11) is 3.89. The molecule has 1 heterocycles. The molecule has 0 spiro atoms. The first-order chi connectivity index (χ1) is 6.45. The van der Waals surface area contributed by atoms with Crippen molar-refractivity contribution in [1.82, 2.24) is 14.7 Å². The van der Waals surface area contributed by atoms with Crippen LogP contribution in [0.1, 0.15) is 19.5 Å². The molecule has 4 nitrogen and oxygen atoms in total. The summed E-state index contributed by atoms with van der Waals surface area (Å²) in [6, 6.07) is 1.99. The molecule has 0 amide bonds. The fourth-order valence-electron chi connectivity index (χ4n) is 1.13. The van der Waals surface area contributed by atoms with Gasteiger partial charge in [0.25, 0.3) is 0 Å². The number of rotatable bonds is 4. The molecule has 0 bridgehead atoms. The molecule has 14 heavy (non-hydrogen) atoms. The summed E-state index contributed by atoms with van der Waals surface area (Å²) in [4.78, 5) is 2.09. The summed E-state index contributed by atoms with van der Waals surface area (Å²) in [5.74, 6) is 0. The van der Waals surface area contributed by atoms with E-state index in [-0.39, 0.29) is 12.1 Å². The van der Waals surface area contributed by atoms with Gasteiger partial charge in [-0.25, -0.2) is 0 Å². The number of hydrogen-bond acceptors (Lipinski definition) is 3. The predicted molar refractivity (Wildman–Crippen MR) is 55.8 cm³/mol. The zero-order valence-electron chi connectivity index (χ0n) is 9.36. The first-order valence-corrected chi connectivity index (χ1v) is 4.76. The number of aliphatic hydroxyl groups is 1. The van der Waals surface area contributed by atoms with E-state index in [0.717, 1.165) is 12.2 Å². The molecule has 80 valence electrons. The Morgan fingerprint density at radius 3 is 2.64 bits per heavy atom. The van der Waals surface area contributed by atoms with Crippen LogP contribution >= 0.6 is 0 Å². The second-order valence-electron chi connectivity index (χ2n) is 4.31. The Morgan fingerprint density at radius 1 is 1.57 bits per heavy atom. The molecule has 0 saturated carbocycles. The van der Waals surface area contributed by atoms with Crippen LogP contribution in [-0.2, 0) is 13.6 Å². The highest BCUT2D eigenvalue weighted by Crippen LogP contribution is 2.13. The van der Waals surface area contributed by atoms with Gasteiger partial charge in [0.15, 0.2) is 0 Å². The van der Waals surface area contributed by atoms with Crippen LogP contribution in [0, 0.1) is 0 Å². The van der Waals surface area contributed by atoms with Gasteiger partial charge in [0.1, 0.15) is 0 Å². The van der Waals surface area contributed by atoms with Crippen LogP contribution in [0.2, 0.25) is 0 Å². The largest absolute Gasteiger partial charge is 0.394 e. The smallest absolute Gasteiger partial charge is 0.0764 e. The van der Waals surface area contributed by atoms with Gasteiger partial charge in [0.2, 0.25) is 0 Å². The first kappa shape index (κ1) is 11.2. The molecule has 0 aliphatic rings. The van der Waals surface area contributed by atoms with Crippen molar-refractivity contribution in [3.05, 3.63) is 18.0 Å². The Morgan fingerprint density at radius 2 is 2.21 bits per heavy atom. The molecule has 0 atom stereocenters. The maximum atomic E-state index is 9.18. The lowest BCUT2D eigenvalue weighted by Gasteiger charge is -2.33. The summed E-state index contributed by atoms with van der Waals surface area (Å²) in [5.41, 5.74) is 0.828. The third-order valence-corrected chi connectivity index (χ3v) is 2.59. The second kappa shape index (κ2) is 4.11. The Bertz CT molecular complexity index is 293. The van der Waals surface area contributed by atoms with E-state index in [0.29, 0.717) is 0 Å². The van der Waals surface area contributed by atoms with Crippen LogP contribution in [-0.4, -0.2) is 39.0 Å². The van der Waals surface area contributed by atoms with Crippen molar-refractivity contribution in [3.8, 4) is 0 Å². The number of likely N-dealkylation sites (N-methyl/N-ethyl adjacent to an activating group) is 1. The molecule has 0 radical (unpaired) electrons. The van der Waals surface area contributed by atoms with E-state index in [2.05, 4.69) is 10.00 Å². The van der Waals surface area contributed by atoms with Crippen molar-refractivity contribution >= 4 is 0 Å². The monoisotopic (exact) mass is 197 g/mol. The zero-order valence-corrected chi connectivity index (χ0v) is 9.36. The number of aromatic nitrogens is 2. The summed E-state index contributed by atoms with van der Waals surface area (Å²) in [6.07, 6.45) is 1.93. The fourth-order valence-corrected chi connectivity index (χ4v) is 1.13. The average Bonchev–Trinajstić information content (AvgIpc) is 2.51. The molecule has 0 unspecified atom stereocenters. The maximum Gasteiger partial charge on any atom is 0.0764 e. The van der Waals surface area contributed by atoms with Crippen LogP contribution in [0.4, 0.5) is 0 Å². The van der Waals surface area contributed by atoms with Crippen LogP contribution in [0.5, 0.6) is 0 Å². The van der Waals surface area contributed by atoms with Crippen molar-refractivity contribution < 1.29 is 5.11 Å². The van der Waals surface area contributed by atoms with Crippen LogP contribution in [0.3, 0.4) is 0 Å². The number of hydrogen-bond donors (Lipinski definition) is 1. The van der Waals surface area contributed by atoms with Gasteiger partial charge >= 0.3 is 0 Å². The van der Waals surface area contributed by atoms with Crippen molar-refractivity contribution in [3.63, 3.8) is 0 Å². The van der Waals surface area contributed by atoms with Gasteiger partial charge in [-0.15, -0.1) is 0 Å². The van der Waals surface area contributed by atoms with Gasteiger partial charge < -0.3 is 5.11 Å². The van der Waals surface area contributed by atoms with Crippen molar-refractivity contribution in [2.24, 2.45) is 7.05 Å². The highest BCUT2D eigenvalue weighted by molar-refractivity contribution is 4.99. The van der Waals surface area contributed by atoms with E-state index >= 15 is 0 Å². The van der Waals surface area contributed by atoms with Crippen molar-refractivity contribution in [1.29, 1.82) is 0 Å². The number of nitrogens with zero attached hydrogens (tertiary/aromatic N) is 3. The van der Waals surface area contributed by atoms with Crippen molar-refractivity contribution in [2.75, 3.05) is 13.7 Å². The van der Waals surface area contributed by atoms with Crippen LogP contribution < -0.4 is 0 Å². The normalized spacial score (nSPS) is 12.4. The number of aryl methyl sites for hydroxylation is 1. The third-order valence-electron chi connectivity index (χ3n) is 2.59. The van der Waals surface area contributed by atoms with Crippen LogP contribution in [0.25, 0.3) is 0 Å². The number of aliphatic hydroxyl groups excluding tert-OH is 1. The third kappa shape index (κ3) is 2.56. The van der Waals surface area contributed by atoms with Gasteiger partial charge in [-0.2, -0.15) is 5.10 Å². The van der Waals surface area contributed by atoms with Gasteiger partial charge in [-0.1, -0.05) is 0 Å². The molecule has 1 rings (SSSR count). The maximum absolute atomic E-state index is 9.18. The standard InChI is InChI=1S/C10H19N3O/c1-10(2,8-14)12(3)7-9-5-6-13(4)11-9/h5-6,14H,7-8H2,1-4H3. The molecule has 0 fully saturated rings. The lowest BCUT2D eigenvalue weighted by Crippen LogP contribution is -2.43. The van der Waals surface area contributed by atoms with Crippen molar-refractivity contribution in [2.45, 2.75) is 25.9 Å². The molecule has 1 N–H and O–H groups in total. The highest BCUT2D eigenvalue weighted by atomic mass is 16.3. The summed E-state index contributed by atoms with van der Waals surface area (Å²) in [6.45, 7) is 4.93. The van der Waals surface area contributed by atoms with Gasteiger partial charge in [0.05, 0.1) is 12.3 Å². The van der Waals surface area contributed by atoms with E-state index in [4.69, 9.17) is 0 Å². The summed E-state index contributed by atoms with van der Waals surface area (Å²) >= 11 is 0. The molecule has 1 aromatic heterocycles. The Labute approximate surface area is 85.1 Å². The topological polar surface area (TPSA) is 41.3 Å². The van der Waals surface area contributed by atoms with E-state index in [9.17, 15) is 5.11 Å². The SMILES string of the molecule is CN(Cc1ccn(C)n1)C(C)(C)CO. The highest BCUT2D eigenvalue weighted by Gasteiger charge is 2.22. The molecule has 0 saturated heterocycles. The van der Waals surface area contributed by atoms with Gasteiger partial charge in [-0.3, -0.25) is 9.58 Å². The van der Waals surface area contributed by atoms with E-state index in [1.54, 1.807) is 4.68 Å². The fraction of sp³-hybridized carbons (Fsp3) is 0.700. The molecule has 0 aliphatic heterocycles. The van der Waals surface area contributed by atoms with E-state index < -0.39 is 0 Å². The predicted octanol–water partition coefficient (Wildman–Crippen LogP) is 0.623. The zero-order chi connectivity index (χ0) is 10.8. The second-order valence-corrected chi connectivity index (χ2v) is 4.31. The molecule has 1 aromatic rings. The van der Waals surface area contributed by atoms with Gasteiger partial charge in [0, 0.05) is 25.3 Å². The minimum Gasteiger partial charge on any atom is -0.394 e. The summed E-state index contributed by atoms with van der Waals surface area (Å²) in [5, 5.41) is 13.5. The lowest BCUT2D eigenvalue weighted by molar-refractivity contribution is 0.0723. The van der Waals surface area contributed by atoms with E-state index in [1.807, 2.05) is 40.2 Å². The quantitative estimate of drug-likeness (QED) is 0.769. The molecular formula is C10H19N3O. The first-order valence-electron chi connectivity index (χ1n) is 4.76. The minimum atomic E-state index is -0.197. The molecule has 4 heteroatoms. The summed E-state index contributed by atoms with van der Waals surface area (Å²) < 4.78 is 1.79. The minimum absolute atomic E-state index is 0.149. The Hall–Kier alpha value is -0.870. The molecule has 0 aromatic carbocycles. The lowest BCUT2D eigenvalue weighted by atomic mass is 10.1. The molecular weight excluding hydrogens is 178 g/mol. The van der Waals surface area contributed by atoms with Gasteiger partial charge in [-0.05, 0) is 27.0 Å². The molecule has 0 aliphatic carbocycles. The average molecular weight is 197 g/mol. The Balaban J connectivity index is 2.61. The Kier molecular flexibility index (Phi) is 3.29.